The zero-order valence-electron chi connectivity index (χ0n) is 7.82. The van der Waals surface area contributed by atoms with Gasteiger partial charge < -0.3 is 10.5 Å². The minimum absolute atomic E-state index is 0.0775. The van der Waals surface area contributed by atoms with Crippen molar-refractivity contribution in [1.82, 2.24) is 0 Å². The summed E-state index contributed by atoms with van der Waals surface area (Å²) < 4.78 is 5.57. The molecule has 2 rings (SSSR count). The topological polar surface area (TPSA) is 35.2 Å². The summed E-state index contributed by atoms with van der Waals surface area (Å²) in [4.78, 5) is 1.32. The minimum atomic E-state index is 0.0775. The molecule has 2 heterocycles. The van der Waals surface area contributed by atoms with Crippen LogP contribution in [0.3, 0.4) is 0 Å². The van der Waals surface area contributed by atoms with Crippen LogP contribution in [0.25, 0.3) is 0 Å². The van der Waals surface area contributed by atoms with Gasteiger partial charge in [-0.1, -0.05) is 0 Å². The van der Waals surface area contributed by atoms with Crippen molar-refractivity contribution in [3.05, 3.63) is 21.9 Å². The van der Waals surface area contributed by atoms with Crippen molar-refractivity contribution in [3.63, 3.8) is 0 Å². The first-order valence-corrected chi connectivity index (χ1v) is 5.58. The third-order valence-electron chi connectivity index (χ3n) is 2.62. The largest absolute Gasteiger partial charge is 0.376 e. The van der Waals surface area contributed by atoms with E-state index < -0.39 is 0 Å². The third-order valence-corrected chi connectivity index (χ3v) is 3.48. The van der Waals surface area contributed by atoms with E-state index in [1.54, 1.807) is 11.3 Å². The molecule has 0 spiro atoms. The number of thiophene rings is 1. The average Bonchev–Trinajstić information content (AvgIpc) is 2.72. The van der Waals surface area contributed by atoms with Crippen molar-refractivity contribution in [2.45, 2.75) is 31.9 Å². The molecule has 1 aromatic heterocycles. The van der Waals surface area contributed by atoms with Crippen molar-refractivity contribution in [1.29, 1.82) is 0 Å². The zero-order chi connectivity index (χ0) is 9.26. The van der Waals surface area contributed by atoms with Gasteiger partial charge in [-0.3, -0.25) is 0 Å². The van der Waals surface area contributed by atoms with E-state index in [0.717, 1.165) is 19.4 Å². The lowest BCUT2D eigenvalue weighted by molar-refractivity contribution is 0.0900. The Hall–Kier alpha value is -0.380. The van der Waals surface area contributed by atoms with Crippen LogP contribution in [-0.2, 0) is 4.74 Å². The molecule has 1 aliphatic heterocycles. The van der Waals surface area contributed by atoms with E-state index in [1.807, 2.05) is 0 Å². The van der Waals surface area contributed by atoms with Crippen molar-refractivity contribution in [2.75, 3.05) is 6.61 Å². The summed E-state index contributed by atoms with van der Waals surface area (Å²) in [5.74, 6) is 0. The number of hydrogen-bond acceptors (Lipinski definition) is 3. The first kappa shape index (κ1) is 9.19. The molecule has 1 fully saturated rings. The summed E-state index contributed by atoms with van der Waals surface area (Å²) in [6.07, 6.45) is 2.51. The van der Waals surface area contributed by atoms with Gasteiger partial charge in [0, 0.05) is 11.5 Å². The maximum atomic E-state index is 6.13. The van der Waals surface area contributed by atoms with Crippen LogP contribution in [-0.4, -0.2) is 12.7 Å². The smallest absolute Gasteiger partial charge is 0.0768 e. The van der Waals surface area contributed by atoms with Crippen molar-refractivity contribution in [3.8, 4) is 0 Å². The summed E-state index contributed by atoms with van der Waals surface area (Å²) in [6, 6.07) is 2.19. The first-order chi connectivity index (χ1) is 6.29. The van der Waals surface area contributed by atoms with Gasteiger partial charge in [-0.15, -0.1) is 11.3 Å². The standard InChI is InChI=1S/C10H15NOS/c1-7-8(4-6-13-7)10(11)9-3-2-5-12-9/h4,6,9-10H,2-3,5,11H2,1H3. The van der Waals surface area contributed by atoms with Crippen molar-refractivity contribution < 1.29 is 4.74 Å². The predicted molar refractivity (Wildman–Crippen MR) is 55.0 cm³/mol. The molecule has 2 N–H and O–H groups in total. The Morgan fingerprint density at radius 2 is 2.54 bits per heavy atom. The molecular weight excluding hydrogens is 182 g/mol. The van der Waals surface area contributed by atoms with Crippen molar-refractivity contribution >= 4 is 11.3 Å². The van der Waals surface area contributed by atoms with Crippen LogP contribution >= 0.6 is 11.3 Å². The maximum Gasteiger partial charge on any atom is 0.0768 e. The van der Waals surface area contributed by atoms with E-state index in [2.05, 4.69) is 18.4 Å². The summed E-state index contributed by atoms with van der Waals surface area (Å²) in [6.45, 7) is 3.00. The second-order valence-electron chi connectivity index (χ2n) is 3.51. The summed E-state index contributed by atoms with van der Waals surface area (Å²) in [5.41, 5.74) is 7.39. The van der Waals surface area contributed by atoms with Crippen LogP contribution in [0.1, 0.15) is 29.3 Å². The molecule has 0 aliphatic carbocycles. The summed E-state index contributed by atoms with van der Waals surface area (Å²) in [5, 5.41) is 2.10. The van der Waals surface area contributed by atoms with E-state index >= 15 is 0 Å². The molecule has 1 aliphatic rings. The van der Waals surface area contributed by atoms with E-state index in [-0.39, 0.29) is 12.1 Å². The van der Waals surface area contributed by atoms with Gasteiger partial charge in [-0.25, -0.2) is 0 Å². The quantitative estimate of drug-likeness (QED) is 0.789. The highest BCUT2D eigenvalue weighted by Crippen LogP contribution is 2.29. The molecule has 3 heteroatoms. The Morgan fingerprint density at radius 1 is 1.69 bits per heavy atom. The molecule has 2 nitrogen and oxygen atoms in total. The lowest BCUT2D eigenvalue weighted by atomic mass is 10.0. The second-order valence-corrected chi connectivity index (χ2v) is 4.63. The third kappa shape index (κ3) is 1.77. The monoisotopic (exact) mass is 197 g/mol. The van der Waals surface area contributed by atoms with Crippen LogP contribution in [0, 0.1) is 6.92 Å². The molecule has 0 radical (unpaired) electrons. The molecule has 13 heavy (non-hydrogen) atoms. The number of rotatable bonds is 2. The van der Waals surface area contributed by atoms with Crippen LogP contribution in [0.2, 0.25) is 0 Å². The Balaban J connectivity index is 2.12. The molecule has 2 atom stereocenters. The van der Waals surface area contributed by atoms with Gasteiger partial charge in [-0.05, 0) is 36.8 Å². The van der Waals surface area contributed by atoms with Gasteiger partial charge in [-0.2, -0.15) is 0 Å². The molecule has 0 aromatic carbocycles. The number of ether oxygens (including phenoxy) is 1. The van der Waals surface area contributed by atoms with E-state index in [4.69, 9.17) is 10.5 Å². The number of aryl methyl sites for hydroxylation is 1. The fraction of sp³-hybridized carbons (Fsp3) is 0.600. The molecular formula is C10H15NOS. The van der Waals surface area contributed by atoms with Crippen LogP contribution in [0.4, 0.5) is 0 Å². The highest BCUT2D eigenvalue weighted by Gasteiger charge is 2.25. The molecule has 72 valence electrons. The Bertz CT molecular complexity index is 278. The van der Waals surface area contributed by atoms with Gasteiger partial charge in [0.2, 0.25) is 0 Å². The van der Waals surface area contributed by atoms with Gasteiger partial charge in [0.1, 0.15) is 0 Å². The number of hydrogen-bond donors (Lipinski definition) is 1. The summed E-state index contributed by atoms with van der Waals surface area (Å²) in [7, 11) is 0. The predicted octanol–water partition coefficient (Wildman–Crippen LogP) is 2.24. The van der Waals surface area contributed by atoms with Crippen molar-refractivity contribution in [2.24, 2.45) is 5.73 Å². The Kier molecular flexibility index (Phi) is 2.67. The summed E-state index contributed by atoms with van der Waals surface area (Å²) >= 11 is 1.76. The maximum absolute atomic E-state index is 6.13. The van der Waals surface area contributed by atoms with Crippen LogP contribution in [0.15, 0.2) is 11.4 Å². The normalized spacial score (nSPS) is 24.9. The fourth-order valence-electron chi connectivity index (χ4n) is 1.83. The SMILES string of the molecule is Cc1sccc1C(N)C1CCCO1. The zero-order valence-corrected chi connectivity index (χ0v) is 8.64. The second kappa shape index (κ2) is 3.78. The minimum Gasteiger partial charge on any atom is -0.376 e. The molecule has 1 saturated heterocycles. The fourth-order valence-corrected chi connectivity index (χ4v) is 2.59. The number of nitrogens with two attached hydrogens (primary N) is 1. The van der Waals surface area contributed by atoms with Gasteiger partial charge in [0.05, 0.1) is 12.1 Å². The molecule has 1 aromatic rings. The molecule has 0 saturated carbocycles. The Morgan fingerprint density at radius 3 is 3.08 bits per heavy atom. The first-order valence-electron chi connectivity index (χ1n) is 4.70. The highest BCUT2D eigenvalue weighted by molar-refractivity contribution is 7.10. The van der Waals surface area contributed by atoms with Gasteiger partial charge in [0.25, 0.3) is 0 Å². The highest BCUT2D eigenvalue weighted by atomic mass is 32.1. The lowest BCUT2D eigenvalue weighted by Crippen LogP contribution is -2.25. The van der Waals surface area contributed by atoms with E-state index in [1.165, 1.54) is 10.4 Å². The Labute approximate surface area is 82.7 Å². The molecule has 0 amide bonds. The average molecular weight is 197 g/mol. The van der Waals surface area contributed by atoms with E-state index in [9.17, 15) is 0 Å². The van der Waals surface area contributed by atoms with E-state index in [0.29, 0.717) is 0 Å². The lowest BCUT2D eigenvalue weighted by Gasteiger charge is -2.18. The van der Waals surface area contributed by atoms with Gasteiger partial charge >= 0.3 is 0 Å². The van der Waals surface area contributed by atoms with Crippen LogP contribution < -0.4 is 5.73 Å². The molecule has 2 unspecified atom stereocenters. The van der Waals surface area contributed by atoms with Gasteiger partial charge in [0.15, 0.2) is 0 Å². The molecule has 0 bridgehead atoms. The van der Waals surface area contributed by atoms with Crippen LogP contribution in [0.5, 0.6) is 0 Å².